The number of nitrogens with one attached hydrogen (secondary N) is 1. The molecule has 0 spiro atoms. The highest BCUT2D eigenvalue weighted by molar-refractivity contribution is 8.18. The molecule has 2 amide bonds. The van der Waals surface area contributed by atoms with E-state index < -0.39 is 5.91 Å². The van der Waals surface area contributed by atoms with Crippen LogP contribution in [0.5, 0.6) is 11.5 Å². The van der Waals surface area contributed by atoms with Crippen molar-refractivity contribution in [1.82, 2.24) is 5.32 Å². The Balaban J connectivity index is 1.84. The van der Waals surface area contributed by atoms with E-state index >= 15 is 0 Å². The van der Waals surface area contributed by atoms with E-state index in [1.807, 2.05) is 6.92 Å². The van der Waals surface area contributed by atoms with Crippen LogP contribution in [-0.2, 0) is 11.4 Å². The molecule has 1 aliphatic rings. The molecular formula is C19H15Cl2NO4S. The highest BCUT2D eigenvalue weighted by Gasteiger charge is 2.25. The fraction of sp³-hybridized carbons (Fsp3) is 0.158. The summed E-state index contributed by atoms with van der Waals surface area (Å²) in [5.74, 6) is 0.672. The third-order valence-corrected chi connectivity index (χ3v) is 5.00. The molecule has 2 aromatic rings. The van der Waals surface area contributed by atoms with E-state index in [-0.39, 0.29) is 11.8 Å². The summed E-state index contributed by atoms with van der Waals surface area (Å²) in [5.41, 5.74) is 1.49. The normalized spacial score (nSPS) is 15.1. The van der Waals surface area contributed by atoms with Crippen LogP contribution in [0.15, 0.2) is 41.3 Å². The van der Waals surface area contributed by atoms with Gasteiger partial charge in [0.1, 0.15) is 6.61 Å². The zero-order valence-corrected chi connectivity index (χ0v) is 16.6. The number of halogens is 2. The molecule has 0 aromatic heterocycles. The first-order valence-corrected chi connectivity index (χ1v) is 9.62. The smallest absolute Gasteiger partial charge is 0.290 e. The van der Waals surface area contributed by atoms with Gasteiger partial charge < -0.3 is 9.47 Å². The van der Waals surface area contributed by atoms with E-state index in [0.717, 1.165) is 17.3 Å². The van der Waals surface area contributed by atoms with Crippen LogP contribution in [0.25, 0.3) is 6.08 Å². The Bertz CT molecular complexity index is 930. The van der Waals surface area contributed by atoms with Gasteiger partial charge in [-0.1, -0.05) is 35.3 Å². The monoisotopic (exact) mass is 423 g/mol. The molecule has 8 heteroatoms. The lowest BCUT2D eigenvalue weighted by atomic mass is 10.1. The maximum Gasteiger partial charge on any atom is 0.290 e. The molecule has 1 aliphatic heterocycles. The lowest BCUT2D eigenvalue weighted by Gasteiger charge is -2.13. The van der Waals surface area contributed by atoms with Gasteiger partial charge in [0.2, 0.25) is 0 Å². The summed E-state index contributed by atoms with van der Waals surface area (Å²) in [6.45, 7) is 2.58. The molecule has 3 rings (SSSR count). The molecule has 2 aromatic carbocycles. The third kappa shape index (κ3) is 4.97. The van der Waals surface area contributed by atoms with Gasteiger partial charge >= 0.3 is 0 Å². The molecule has 27 heavy (non-hydrogen) atoms. The molecule has 1 fully saturated rings. The van der Waals surface area contributed by atoms with Crippen LogP contribution in [0.4, 0.5) is 4.79 Å². The van der Waals surface area contributed by atoms with Crippen LogP contribution in [0.3, 0.4) is 0 Å². The van der Waals surface area contributed by atoms with Gasteiger partial charge in [-0.05, 0) is 54.6 Å². The fourth-order valence-corrected chi connectivity index (χ4v) is 3.51. The van der Waals surface area contributed by atoms with Gasteiger partial charge in [0.05, 0.1) is 11.5 Å². The number of rotatable bonds is 6. The van der Waals surface area contributed by atoms with Gasteiger partial charge in [-0.25, -0.2) is 0 Å². The lowest BCUT2D eigenvalue weighted by Crippen LogP contribution is -2.17. The van der Waals surface area contributed by atoms with Crippen molar-refractivity contribution in [1.29, 1.82) is 0 Å². The summed E-state index contributed by atoms with van der Waals surface area (Å²) in [5, 5.41) is 2.90. The number of carbonyl (C=O) groups is 2. The second-order valence-corrected chi connectivity index (χ2v) is 7.37. The Kier molecular flexibility index (Phi) is 6.31. The minimum atomic E-state index is -0.408. The van der Waals surface area contributed by atoms with Crippen molar-refractivity contribution in [2.24, 2.45) is 0 Å². The molecule has 140 valence electrons. The van der Waals surface area contributed by atoms with Crippen molar-refractivity contribution in [2.75, 3.05) is 6.61 Å². The first-order valence-electron chi connectivity index (χ1n) is 8.04. The maximum absolute atomic E-state index is 11.7. The third-order valence-electron chi connectivity index (χ3n) is 3.61. The average Bonchev–Trinajstić information content (AvgIpc) is 2.93. The summed E-state index contributed by atoms with van der Waals surface area (Å²) in [7, 11) is 0. The Morgan fingerprint density at radius 1 is 1.07 bits per heavy atom. The minimum absolute atomic E-state index is 0.226. The van der Waals surface area contributed by atoms with Gasteiger partial charge in [0, 0.05) is 15.6 Å². The van der Waals surface area contributed by atoms with Gasteiger partial charge in [-0.3, -0.25) is 14.9 Å². The van der Waals surface area contributed by atoms with Gasteiger partial charge in [-0.15, -0.1) is 0 Å². The SMILES string of the molecule is CCOc1ccc(C=C2SC(=O)NC2=O)cc1OCc1ccc(Cl)cc1Cl. The number of thioether (sulfide) groups is 1. The van der Waals surface area contributed by atoms with E-state index in [0.29, 0.717) is 38.6 Å². The molecule has 0 radical (unpaired) electrons. The number of amides is 2. The van der Waals surface area contributed by atoms with Crippen LogP contribution < -0.4 is 14.8 Å². The molecule has 0 bridgehead atoms. The maximum atomic E-state index is 11.7. The predicted molar refractivity (Wildman–Crippen MR) is 108 cm³/mol. The summed E-state index contributed by atoms with van der Waals surface area (Å²) in [4.78, 5) is 23.3. The summed E-state index contributed by atoms with van der Waals surface area (Å²) < 4.78 is 11.5. The average molecular weight is 424 g/mol. The van der Waals surface area contributed by atoms with Crippen molar-refractivity contribution in [3.05, 3.63) is 62.5 Å². The van der Waals surface area contributed by atoms with E-state index in [4.69, 9.17) is 32.7 Å². The molecular weight excluding hydrogens is 409 g/mol. The number of hydrogen-bond donors (Lipinski definition) is 1. The largest absolute Gasteiger partial charge is 0.490 e. The Morgan fingerprint density at radius 2 is 1.89 bits per heavy atom. The molecule has 0 unspecified atom stereocenters. The zero-order valence-electron chi connectivity index (χ0n) is 14.3. The number of benzene rings is 2. The number of carbonyl (C=O) groups excluding carboxylic acids is 2. The lowest BCUT2D eigenvalue weighted by molar-refractivity contribution is -0.115. The van der Waals surface area contributed by atoms with Crippen LogP contribution in [-0.4, -0.2) is 17.8 Å². The summed E-state index contributed by atoms with van der Waals surface area (Å²) >= 11 is 13.0. The first kappa shape index (κ1) is 19.6. The molecule has 0 aliphatic carbocycles. The molecule has 0 saturated carbocycles. The Hall–Kier alpha value is -2.15. The summed E-state index contributed by atoms with van der Waals surface area (Å²) in [6.07, 6.45) is 1.63. The van der Waals surface area contributed by atoms with Gasteiger partial charge in [-0.2, -0.15) is 0 Å². The second kappa shape index (κ2) is 8.69. The van der Waals surface area contributed by atoms with Crippen molar-refractivity contribution in [2.45, 2.75) is 13.5 Å². The fourth-order valence-electron chi connectivity index (χ4n) is 2.37. The molecule has 0 atom stereocenters. The minimum Gasteiger partial charge on any atom is -0.490 e. The summed E-state index contributed by atoms with van der Waals surface area (Å²) in [6, 6.07) is 10.5. The number of ether oxygens (including phenoxy) is 2. The molecule has 1 N–H and O–H groups in total. The van der Waals surface area contributed by atoms with Crippen molar-refractivity contribution >= 4 is 52.2 Å². The van der Waals surface area contributed by atoms with E-state index in [1.165, 1.54) is 0 Å². The first-order chi connectivity index (χ1) is 13.0. The molecule has 1 saturated heterocycles. The van der Waals surface area contributed by atoms with Crippen molar-refractivity contribution < 1.29 is 19.1 Å². The van der Waals surface area contributed by atoms with Crippen molar-refractivity contribution in [3.63, 3.8) is 0 Å². The number of imide groups is 1. The Morgan fingerprint density at radius 3 is 2.56 bits per heavy atom. The van der Waals surface area contributed by atoms with Crippen LogP contribution in [0, 0.1) is 0 Å². The van der Waals surface area contributed by atoms with Crippen LogP contribution >= 0.6 is 35.0 Å². The predicted octanol–water partition coefficient (Wildman–Crippen LogP) is 5.30. The van der Waals surface area contributed by atoms with Gasteiger partial charge in [0.25, 0.3) is 11.1 Å². The molecule has 5 nitrogen and oxygen atoms in total. The van der Waals surface area contributed by atoms with E-state index in [9.17, 15) is 9.59 Å². The zero-order chi connectivity index (χ0) is 19.4. The Labute approximate surface area is 170 Å². The van der Waals surface area contributed by atoms with E-state index in [1.54, 1.807) is 42.5 Å². The quantitative estimate of drug-likeness (QED) is 0.638. The van der Waals surface area contributed by atoms with Gasteiger partial charge in [0.15, 0.2) is 11.5 Å². The van der Waals surface area contributed by atoms with Crippen LogP contribution in [0.1, 0.15) is 18.1 Å². The highest BCUT2D eigenvalue weighted by Crippen LogP contribution is 2.33. The van der Waals surface area contributed by atoms with E-state index in [2.05, 4.69) is 5.32 Å². The standard InChI is InChI=1S/C19H15Cl2NO4S/c1-2-25-15-6-3-11(8-17-18(23)22-19(24)27-17)7-16(15)26-10-12-4-5-13(20)9-14(12)21/h3-9H,2,10H2,1H3,(H,22,23,24). The highest BCUT2D eigenvalue weighted by atomic mass is 35.5. The van der Waals surface area contributed by atoms with Crippen molar-refractivity contribution in [3.8, 4) is 11.5 Å². The van der Waals surface area contributed by atoms with Crippen LogP contribution in [0.2, 0.25) is 10.0 Å². The topological polar surface area (TPSA) is 64.6 Å². The second-order valence-electron chi connectivity index (χ2n) is 5.52. The number of hydrogen-bond acceptors (Lipinski definition) is 5. The molecule has 1 heterocycles.